The van der Waals surface area contributed by atoms with Gasteiger partial charge in [0.25, 0.3) is 0 Å². The van der Waals surface area contributed by atoms with E-state index in [0.29, 0.717) is 17.6 Å². The lowest BCUT2D eigenvalue weighted by Gasteiger charge is -2.09. The molecular formula is C10H19N3O. The predicted molar refractivity (Wildman–Crippen MR) is 54.7 cm³/mol. The number of nitrogens with zero attached hydrogens (tertiary/aromatic N) is 2. The van der Waals surface area contributed by atoms with Gasteiger partial charge in [-0.1, -0.05) is 32.3 Å². The maximum Gasteiger partial charge on any atom is 0.226 e. The summed E-state index contributed by atoms with van der Waals surface area (Å²) in [5, 5.41) is 3.88. The van der Waals surface area contributed by atoms with Crippen molar-refractivity contribution in [2.24, 2.45) is 11.7 Å². The van der Waals surface area contributed by atoms with E-state index in [4.69, 9.17) is 10.3 Å². The van der Waals surface area contributed by atoms with Crippen molar-refractivity contribution in [3.8, 4) is 0 Å². The molecule has 0 aromatic carbocycles. The van der Waals surface area contributed by atoms with E-state index in [1.807, 2.05) is 13.8 Å². The third kappa shape index (κ3) is 2.80. The standard InChI is InChI=1S/C10H19N3O/c1-4-5-6-8-12-10(13-14-8)9(11)7(2)3/h7,9H,4-6,11H2,1-3H3. The molecular weight excluding hydrogens is 178 g/mol. The van der Waals surface area contributed by atoms with Crippen LogP contribution in [0.15, 0.2) is 4.52 Å². The SMILES string of the molecule is CCCCc1nc(C(N)C(C)C)no1. The fourth-order valence-corrected chi connectivity index (χ4v) is 1.13. The quantitative estimate of drug-likeness (QED) is 0.784. The minimum Gasteiger partial charge on any atom is -0.339 e. The van der Waals surface area contributed by atoms with E-state index >= 15 is 0 Å². The first kappa shape index (κ1) is 11.2. The lowest BCUT2D eigenvalue weighted by atomic mass is 10.1. The second-order valence-electron chi connectivity index (χ2n) is 3.92. The van der Waals surface area contributed by atoms with Gasteiger partial charge in [0.1, 0.15) is 0 Å². The van der Waals surface area contributed by atoms with Crippen LogP contribution in [0, 0.1) is 5.92 Å². The number of hydrogen-bond acceptors (Lipinski definition) is 4. The molecule has 0 bridgehead atoms. The smallest absolute Gasteiger partial charge is 0.226 e. The van der Waals surface area contributed by atoms with Gasteiger partial charge in [-0.15, -0.1) is 0 Å². The molecule has 1 unspecified atom stereocenters. The van der Waals surface area contributed by atoms with Crippen LogP contribution in [0.3, 0.4) is 0 Å². The lowest BCUT2D eigenvalue weighted by Crippen LogP contribution is -2.18. The van der Waals surface area contributed by atoms with Crippen molar-refractivity contribution in [3.05, 3.63) is 11.7 Å². The molecule has 0 saturated carbocycles. The molecule has 0 fully saturated rings. The van der Waals surface area contributed by atoms with E-state index < -0.39 is 0 Å². The Kier molecular flexibility index (Phi) is 4.07. The average Bonchev–Trinajstić information content (AvgIpc) is 2.61. The van der Waals surface area contributed by atoms with Gasteiger partial charge in [-0.2, -0.15) is 4.98 Å². The molecule has 0 aliphatic heterocycles. The van der Waals surface area contributed by atoms with Crippen LogP contribution in [-0.4, -0.2) is 10.1 Å². The molecule has 0 radical (unpaired) electrons. The van der Waals surface area contributed by atoms with Crippen LogP contribution in [-0.2, 0) is 6.42 Å². The van der Waals surface area contributed by atoms with Gasteiger partial charge in [-0.3, -0.25) is 0 Å². The zero-order valence-corrected chi connectivity index (χ0v) is 9.16. The molecule has 0 saturated heterocycles. The van der Waals surface area contributed by atoms with Crippen LogP contribution in [0.25, 0.3) is 0 Å². The molecule has 1 heterocycles. The molecule has 0 aliphatic carbocycles. The fourth-order valence-electron chi connectivity index (χ4n) is 1.13. The third-order valence-electron chi connectivity index (χ3n) is 2.24. The monoisotopic (exact) mass is 197 g/mol. The van der Waals surface area contributed by atoms with Gasteiger partial charge in [-0.05, 0) is 12.3 Å². The van der Waals surface area contributed by atoms with Crippen LogP contribution in [0.2, 0.25) is 0 Å². The molecule has 4 heteroatoms. The first-order valence-corrected chi connectivity index (χ1v) is 5.23. The number of rotatable bonds is 5. The van der Waals surface area contributed by atoms with Crippen LogP contribution in [0.4, 0.5) is 0 Å². The molecule has 1 atom stereocenters. The van der Waals surface area contributed by atoms with E-state index in [2.05, 4.69) is 17.1 Å². The highest BCUT2D eigenvalue weighted by Crippen LogP contribution is 2.15. The summed E-state index contributed by atoms with van der Waals surface area (Å²) in [6.07, 6.45) is 3.07. The second-order valence-corrected chi connectivity index (χ2v) is 3.92. The number of unbranched alkanes of at least 4 members (excludes halogenated alkanes) is 1. The van der Waals surface area contributed by atoms with E-state index in [0.717, 1.165) is 19.3 Å². The topological polar surface area (TPSA) is 64.9 Å². The normalized spacial score (nSPS) is 13.5. The summed E-state index contributed by atoms with van der Waals surface area (Å²) in [7, 11) is 0. The van der Waals surface area contributed by atoms with Crippen LogP contribution < -0.4 is 5.73 Å². The van der Waals surface area contributed by atoms with Gasteiger partial charge < -0.3 is 10.3 Å². The maximum atomic E-state index is 5.89. The van der Waals surface area contributed by atoms with Gasteiger partial charge in [0, 0.05) is 6.42 Å². The number of nitrogens with two attached hydrogens (primary N) is 1. The molecule has 14 heavy (non-hydrogen) atoms. The first-order valence-electron chi connectivity index (χ1n) is 5.23. The van der Waals surface area contributed by atoms with Crippen LogP contribution in [0.1, 0.15) is 51.4 Å². The van der Waals surface area contributed by atoms with E-state index in [-0.39, 0.29) is 6.04 Å². The Morgan fingerprint density at radius 1 is 1.43 bits per heavy atom. The maximum absolute atomic E-state index is 5.89. The number of aromatic nitrogens is 2. The molecule has 0 amide bonds. The van der Waals surface area contributed by atoms with Crippen molar-refractivity contribution < 1.29 is 4.52 Å². The van der Waals surface area contributed by atoms with Crippen LogP contribution >= 0.6 is 0 Å². The summed E-state index contributed by atoms with van der Waals surface area (Å²) < 4.78 is 5.10. The van der Waals surface area contributed by atoms with Crippen molar-refractivity contribution in [2.45, 2.75) is 46.1 Å². The largest absolute Gasteiger partial charge is 0.339 e. The molecule has 1 aromatic rings. The summed E-state index contributed by atoms with van der Waals surface area (Å²) in [5.41, 5.74) is 5.89. The molecule has 1 rings (SSSR count). The number of aryl methyl sites for hydroxylation is 1. The highest BCUT2D eigenvalue weighted by atomic mass is 16.5. The van der Waals surface area contributed by atoms with Gasteiger partial charge >= 0.3 is 0 Å². The zero-order valence-electron chi connectivity index (χ0n) is 9.16. The predicted octanol–water partition coefficient (Wildman–Crippen LogP) is 2.07. The highest BCUT2D eigenvalue weighted by Gasteiger charge is 2.16. The molecule has 1 aromatic heterocycles. The molecule has 2 N–H and O–H groups in total. The van der Waals surface area contributed by atoms with E-state index in [1.165, 1.54) is 0 Å². The van der Waals surface area contributed by atoms with Crippen molar-refractivity contribution in [2.75, 3.05) is 0 Å². The molecule has 80 valence electrons. The van der Waals surface area contributed by atoms with E-state index in [1.54, 1.807) is 0 Å². The molecule has 0 spiro atoms. The summed E-state index contributed by atoms with van der Waals surface area (Å²) in [5.74, 6) is 1.68. The van der Waals surface area contributed by atoms with Crippen LogP contribution in [0.5, 0.6) is 0 Å². The molecule has 0 aliphatic rings. The van der Waals surface area contributed by atoms with Crippen molar-refractivity contribution in [3.63, 3.8) is 0 Å². The Hall–Kier alpha value is -0.900. The van der Waals surface area contributed by atoms with Gasteiger partial charge in [0.15, 0.2) is 5.82 Å². The second kappa shape index (κ2) is 5.10. The Balaban J connectivity index is 2.58. The Labute approximate surface area is 84.9 Å². The average molecular weight is 197 g/mol. The summed E-state index contributed by atoms with van der Waals surface area (Å²) >= 11 is 0. The minimum absolute atomic E-state index is 0.117. The van der Waals surface area contributed by atoms with Gasteiger partial charge in [0.05, 0.1) is 6.04 Å². The minimum atomic E-state index is -0.117. The highest BCUT2D eigenvalue weighted by molar-refractivity contribution is 4.94. The fraction of sp³-hybridized carbons (Fsp3) is 0.800. The lowest BCUT2D eigenvalue weighted by molar-refractivity contribution is 0.360. The van der Waals surface area contributed by atoms with Gasteiger partial charge in [0.2, 0.25) is 5.89 Å². The summed E-state index contributed by atoms with van der Waals surface area (Å²) in [4.78, 5) is 4.27. The third-order valence-corrected chi connectivity index (χ3v) is 2.24. The zero-order chi connectivity index (χ0) is 10.6. The summed E-state index contributed by atoms with van der Waals surface area (Å²) in [6, 6.07) is -0.117. The summed E-state index contributed by atoms with van der Waals surface area (Å²) in [6.45, 7) is 6.23. The molecule has 4 nitrogen and oxygen atoms in total. The van der Waals surface area contributed by atoms with Crippen molar-refractivity contribution in [1.82, 2.24) is 10.1 Å². The van der Waals surface area contributed by atoms with E-state index in [9.17, 15) is 0 Å². The number of hydrogen-bond donors (Lipinski definition) is 1. The first-order chi connectivity index (χ1) is 6.65. The van der Waals surface area contributed by atoms with Gasteiger partial charge in [-0.25, -0.2) is 0 Å². The Morgan fingerprint density at radius 3 is 2.71 bits per heavy atom. The Bertz CT molecular complexity index is 270. The Morgan fingerprint density at radius 2 is 2.14 bits per heavy atom. The van der Waals surface area contributed by atoms with Crippen molar-refractivity contribution in [1.29, 1.82) is 0 Å². The van der Waals surface area contributed by atoms with Crippen molar-refractivity contribution >= 4 is 0 Å².